The van der Waals surface area contributed by atoms with Gasteiger partial charge in [-0.2, -0.15) is 0 Å². The maximum atomic E-state index is 9.96. The zero-order chi connectivity index (χ0) is 21.3. The number of phenolic OH excluding ortho intramolecular Hbond substituents is 1. The topological polar surface area (TPSA) is 69.1 Å². The molecule has 0 aliphatic carbocycles. The molecule has 0 unspecified atom stereocenters. The highest BCUT2D eigenvalue weighted by Crippen LogP contribution is 2.26. The van der Waals surface area contributed by atoms with Gasteiger partial charge < -0.3 is 20.5 Å². The van der Waals surface area contributed by atoms with E-state index in [4.69, 9.17) is 9.73 Å². The van der Waals surface area contributed by atoms with Gasteiger partial charge in [0.2, 0.25) is 0 Å². The van der Waals surface area contributed by atoms with Crippen LogP contribution in [0.2, 0.25) is 0 Å². The Morgan fingerprint density at radius 2 is 1.94 bits per heavy atom. The Kier molecular flexibility index (Phi) is 10.4. The Bertz CT molecular complexity index is 851. The summed E-state index contributed by atoms with van der Waals surface area (Å²) < 4.78 is 5.10. The van der Waals surface area contributed by atoms with Crippen molar-refractivity contribution in [2.45, 2.75) is 45.8 Å². The third-order valence-electron chi connectivity index (χ3n) is 5.59. The molecule has 1 aliphatic heterocycles. The molecule has 3 rings (SSSR count). The zero-order valence-corrected chi connectivity index (χ0v) is 21.1. The lowest BCUT2D eigenvalue weighted by Gasteiger charge is -2.33. The first-order valence-electron chi connectivity index (χ1n) is 10.8. The summed E-state index contributed by atoms with van der Waals surface area (Å²) in [6.07, 6.45) is 2.19. The molecule has 0 atom stereocenters. The van der Waals surface area contributed by atoms with Crippen molar-refractivity contribution < 1.29 is 9.84 Å². The number of likely N-dealkylation sites (tertiary alicyclic amines) is 1. The Morgan fingerprint density at radius 1 is 1.19 bits per heavy atom. The molecule has 1 saturated heterocycles. The van der Waals surface area contributed by atoms with Gasteiger partial charge >= 0.3 is 0 Å². The van der Waals surface area contributed by atoms with Crippen LogP contribution in [-0.4, -0.2) is 48.8 Å². The van der Waals surface area contributed by atoms with E-state index in [0.717, 1.165) is 50.5 Å². The van der Waals surface area contributed by atoms with Crippen molar-refractivity contribution in [1.82, 2.24) is 15.5 Å². The van der Waals surface area contributed by atoms with Crippen LogP contribution in [0.25, 0.3) is 0 Å². The predicted molar refractivity (Wildman–Crippen MR) is 138 cm³/mol. The number of rotatable bonds is 7. The summed E-state index contributed by atoms with van der Waals surface area (Å²) in [4.78, 5) is 7.23. The van der Waals surface area contributed by atoms with Crippen LogP contribution in [0.5, 0.6) is 11.5 Å². The van der Waals surface area contributed by atoms with Crippen LogP contribution in [0.1, 0.15) is 36.5 Å². The first-order valence-corrected chi connectivity index (χ1v) is 10.8. The molecule has 1 fully saturated rings. The molecule has 3 N–H and O–H groups in total. The minimum atomic E-state index is 0. The normalized spacial score (nSPS) is 15.3. The van der Waals surface area contributed by atoms with Crippen LogP contribution < -0.4 is 15.4 Å². The van der Waals surface area contributed by atoms with Gasteiger partial charge in [0.15, 0.2) is 17.5 Å². The van der Waals surface area contributed by atoms with Crippen molar-refractivity contribution in [3.05, 3.63) is 59.2 Å². The number of aliphatic imine (C=N–C) groups is 1. The first kappa shape index (κ1) is 25.3. The fourth-order valence-electron chi connectivity index (χ4n) is 3.78. The van der Waals surface area contributed by atoms with Crippen LogP contribution in [0, 0.1) is 6.92 Å². The van der Waals surface area contributed by atoms with Gasteiger partial charge in [-0.25, -0.2) is 4.99 Å². The van der Waals surface area contributed by atoms with Gasteiger partial charge in [0.1, 0.15) is 0 Å². The first-order chi connectivity index (χ1) is 14.6. The molecule has 7 heteroatoms. The van der Waals surface area contributed by atoms with Crippen molar-refractivity contribution in [2.24, 2.45) is 4.99 Å². The summed E-state index contributed by atoms with van der Waals surface area (Å²) in [5.74, 6) is 1.44. The predicted octanol–water partition coefficient (Wildman–Crippen LogP) is 4.05. The molecule has 0 spiro atoms. The zero-order valence-electron chi connectivity index (χ0n) is 18.7. The number of nitrogens with one attached hydrogen (secondary N) is 2. The maximum Gasteiger partial charge on any atom is 0.191 e. The molecule has 2 aromatic carbocycles. The number of hydrogen-bond donors (Lipinski definition) is 3. The van der Waals surface area contributed by atoms with Crippen LogP contribution in [0.4, 0.5) is 0 Å². The number of guanidine groups is 1. The molecule has 31 heavy (non-hydrogen) atoms. The number of methoxy groups -OCH3 is 1. The fraction of sp³-hybridized carbons (Fsp3) is 0.458. The van der Waals surface area contributed by atoms with Crippen molar-refractivity contribution in [3.63, 3.8) is 0 Å². The van der Waals surface area contributed by atoms with Crippen LogP contribution >= 0.6 is 24.0 Å². The molecule has 2 aromatic rings. The minimum Gasteiger partial charge on any atom is -0.504 e. The molecule has 0 saturated carbocycles. The van der Waals surface area contributed by atoms with Crippen molar-refractivity contribution in [3.8, 4) is 11.5 Å². The van der Waals surface area contributed by atoms with Gasteiger partial charge in [-0.3, -0.25) is 4.90 Å². The smallest absolute Gasteiger partial charge is 0.191 e. The second-order valence-corrected chi connectivity index (χ2v) is 7.82. The number of phenols is 1. The van der Waals surface area contributed by atoms with E-state index in [1.54, 1.807) is 19.2 Å². The van der Waals surface area contributed by atoms with Crippen molar-refractivity contribution in [1.29, 1.82) is 0 Å². The average Bonchev–Trinajstić information content (AvgIpc) is 2.75. The summed E-state index contributed by atoms with van der Waals surface area (Å²) in [5.41, 5.74) is 3.73. The maximum absolute atomic E-state index is 9.96. The number of hydrogen-bond acceptors (Lipinski definition) is 4. The summed E-state index contributed by atoms with van der Waals surface area (Å²) in [6.45, 7) is 8.75. The largest absolute Gasteiger partial charge is 0.504 e. The number of nitrogens with zero attached hydrogens (tertiary/aromatic N) is 2. The minimum absolute atomic E-state index is 0. The second-order valence-electron chi connectivity index (χ2n) is 7.82. The van der Waals surface area contributed by atoms with Gasteiger partial charge in [-0.15, -0.1) is 24.0 Å². The molecule has 1 aliphatic rings. The van der Waals surface area contributed by atoms with Crippen LogP contribution in [0.3, 0.4) is 0 Å². The quantitative estimate of drug-likeness (QED) is 0.282. The molecular weight excluding hydrogens is 503 g/mol. The number of piperidine rings is 1. The lowest BCUT2D eigenvalue weighted by molar-refractivity contribution is 0.198. The molecule has 0 bridgehead atoms. The second kappa shape index (κ2) is 12.8. The lowest BCUT2D eigenvalue weighted by atomic mass is 10.0. The van der Waals surface area contributed by atoms with E-state index in [9.17, 15) is 5.11 Å². The van der Waals surface area contributed by atoms with Gasteiger partial charge in [-0.1, -0.05) is 30.3 Å². The summed E-state index contributed by atoms with van der Waals surface area (Å²) >= 11 is 0. The molecule has 6 nitrogen and oxygen atoms in total. The third-order valence-corrected chi connectivity index (χ3v) is 5.59. The highest BCUT2D eigenvalue weighted by atomic mass is 127. The Labute approximate surface area is 203 Å². The van der Waals surface area contributed by atoms with E-state index in [-0.39, 0.29) is 29.7 Å². The Balaban J connectivity index is 0.00000341. The molecule has 0 aromatic heterocycles. The summed E-state index contributed by atoms with van der Waals surface area (Å²) in [6, 6.07) is 14.5. The molecule has 0 radical (unpaired) electrons. The summed E-state index contributed by atoms with van der Waals surface area (Å²) in [5, 5.41) is 16.9. The van der Waals surface area contributed by atoms with E-state index in [0.29, 0.717) is 18.3 Å². The van der Waals surface area contributed by atoms with Crippen LogP contribution in [-0.2, 0) is 13.1 Å². The number of ether oxygens (including phenoxy) is 1. The highest BCUT2D eigenvalue weighted by molar-refractivity contribution is 14.0. The molecule has 0 amide bonds. The van der Waals surface area contributed by atoms with Crippen molar-refractivity contribution in [2.75, 3.05) is 26.7 Å². The third kappa shape index (κ3) is 7.57. The fourth-order valence-corrected chi connectivity index (χ4v) is 3.78. The number of aromatic hydroxyl groups is 1. The van der Waals surface area contributed by atoms with Crippen molar-refractivity contribution >= 4 is 29.9 Å². The van der Waals surface area contributed by atoms with E-state index in [2.05, 4.69) is 53.6 Å². The average molecular weight is 538 g/mol. The van der Waals surface area contributed by atoms with E-state index in [1.165, 1.54) is 11.1 Å². The van der Waals surface area contributed by atoms with Gasteiger partial charge in [0.05, 0.1) is 13.7 Å². The molecule has 170 valence electrons. The monoisotopic (exact) mass is 538 g/mol. The van der Waals surface area contributed by atoms with Crippen LogP contribution in [0.15, 0.2) is 47.5 Å². The van der Waals surface area contributed by atoms with E-state index >= 15 is 0 Å². The van der Waals surface area contributed by atoms with Gasteiger partial charge in [0, 0.05) is 32.2 Å². The standard InChI is InChI=1S/C24H34N4O2.HI/c1-4-25-24(26-16-19-9-10-23(30-3)22(29)15-19)27-21-11-13-28(14-12-21)17-20-8-6-5-7-18(20)2;/h5-10,15,21,29H,4,11-14,16-17H2,1-3H3,(H2,25,26,27);1H. The number of aryl methyl sites for hydroxylation is 1. The highest BCUT2D eigenvalue weighted by Gasteiger charge is 2.20. The molecular formula is C24H35IN4O2. The Hall–Kier alpha value is -2.00. The molecule has 1 heterocycles. The number of halogens is 1. The summed E-state index contributed by atoms with van der Waals surface area (Å²) in [7, 11) is 1.55. The lowest BCUT2D eigenvalue weighted by Crippen LogP contribution is -2.48. The van der Waals surface area contributed by atoms with Gasteiger partial charge in [0.25, 0.3) is 0 Å². The van der Waals surface area contributed by atoms with E-state index < -0.39 is 0 Å². The Morgan fingerprint density at radius 3 is 2.58 bits per heavy atom. The van der Waals surface area contributed by atoms with E-state index in [1.807, 2.05) is 6.07 Å². The van der Waals surface area contributed by atoms with Gasteiger partial charge in [-0.05, 0) is 55.5 Å². The SMILES string of the molecule is CCNC(=NCc1ccc(OC)c(O)c1)NC1CCN(Cc2ccccc2C)CC1.I. The number of benzene rings is 2.